The van der Waals surface area contributed by atoms with E-state index in [0.29, 0.717) is 10.7 Å². The molecule has 0 fully saturated rings. The van der Waals surface area contributed by atoms with Crippen molar-refractivity contribution in [2.45, 2.75) is 27.7 Å². The summed E-state index contributed by atoms with van der Waals surface area (Å²) in [7, 11) is 0. The van der Waals surface area contributed by atoms with E-state index in [4.69, 9.17) is 11.6 Å². The van der Waals surface area contributed by atoms with Crippen LogP contribution in [0, 0.1) is 20.8 Å². The summed E-state index contributed by atoms with van der Waals surface area (Å²) in [4.78, 5) is 25.8. The first-order valence-electron chi connectivity index (χ1n) is 7.68. The van der Waals surface area contributed by atoms with Crippen molar-refractivity contribution in [2.24, 2.45) is 0 Å². The highest BCUT2D eigenvalue weighted by Crippen LogP contribution is 2.21. The molecule has 0 aliphatic carbocycles. The van der Waals surface area contributed by atoms with Crippen molar-refractivity contribution in [1.82, 2.24) is 0 Å². The van der Waals surface area contributed by atoms with Gasteiger partial charge in [-0.1, -0.05) is 23.7 Å². The maximum absolute atomic E-state index is 12.3. The summed E-state index contributed by atoms with van der Waals surface area (Å²) in [6.07, 6.45) is 0. The molecule has 0 aromatic heterocycles. The molecular formula is C19H21ClN2O2. The number of carbonyl (C=O) groups excluding carboxylic acids is 2. The van der Waals surface area contributed by atoms with Crippen molar-refractivity contribution in [1.29, 1.82) is 0 Å². The fourth-order valence-corrected chi connectivity index (χ4v) is 2.69. The normalized spacial score (nSPS) is 10.4. The summed E-state index contributed by atoms with van der Waals surface area (Å²) in [5.74, 6) is -0.457. The van der Waals surface area contributed by atoms with E-state index in [1.807, 2.05) is 45.0 Å². The average molecular weight is 345 g/mol. The van der Waals surface area contributed by atoms with Crippen LogP contribution in [0.5, 0.6) is 0 Å². The van der Waals surface area contributed by atoms with Gasteiger partial charge in [-0.15, -0.1) is 0 Å². The van der Waals surface area contributed by atoms with E-state index in [0.717, 1.165) is 22.4 Å². The third-order valence-corrected chi connectivity index (χ3v) is 4.06. The van der Waals surface area contributed by atoms with E-state index in [2.05, 4.69) is 5.32 Å². The van der Waals surface area contributed by atoms with Crippen molar-refractivity contribution >= 4 is 34.8 Å². The number of anilines is 2. The van der Waals surface area contributed by atoms with Gasteiger partial charge in [-0.3, -0.25) is 9.59 Å². The molecule has 2 amide bonds. The SMILES string of the molecule is CC(=O)N(CC(=O)Nc1ccc(C)c(Cl)c1)c1cc(C)cc(C)c1. The topological polar surface area (TPSA) is 49.4 Å². The Balaban J connectivity index is 2.16. The van der Waals surface area contributed by atoms with Crippen LogP contribution in [0.15, 0.2) is 36.4 Å². The van der Waals surface area contributed by atoms with Gasteiger partial charge < -0.3 is 10.2 Å². The molecule has 2 aromatic rings. The van der Waals surface area contributed by atoms with Crippen molar-refractivity contribution in [3.05, 3.63) is 58.1 Å². The molecule has 0 saturated carbocycles. The van der Waals surface area contributed by atoms with E-state index in [1.165, 1.54) is 11.8 Å². The van der Waals surface area contributed by atoms with Crippen molar-refractivity contribution in [3.8, 4) is 0 Å². The van der Waals surface area contributed by atoms with Gasteiger partial charge in [0.15, 0.2) is 0 Å². The zero-order valence-corrected chi connectivity index (χ0v) is 15.1. The standard InChI is InChI=1S/C19H21ClN2O2/c1-12-7-13(2)9-17(8-12)22(15(4)23)11-19(24)21-16-6-5-14(3)18(20)10-16/h5-10H,11H2,1-4H3,(H,21,24). The Morgan fingerprint density at radius 3 is 2.21 bits per heavy atom. The summed E-state index contributed by atoms with van der Waals surface area (Å²) in [5.41, 5.74) is 4.36. The second kappa shape index (κ2) is 7.49. The monoisotopic (exact) mass is 344 g/mol. The highest BCUT2D eigenvalue weighted by Gasteiger charge is 2.16. The Bertz CT molecular complexity index is 767. The second-order valence-electron chi connectivity index (χ2n) is 5.96. The Morgan fingerprint density at radius 1 is 1.04 bits per heavy atom. The van der Waals surface area contributed by atoms with Crippen LogP contribution >= 0.6 is 11.6 Å². The van der Waals surface area contributed by atoms with E-state index in [9.17, 15) is 9.59 Å². The lowest BCUT2D eigenvalue weighted by Gasteiger charge is -2.22. The van der Waals surface area contributed by atoms with Gasteiger partial charge in [-0.05, 0) is 61.7 Å². The predicted octanol–water partition coefficient (Wildman–Crippen LogP) is 4.26. The van der Waals surface area contributed by atoms with Crippen molar-refractivity contribution < 1.29 is 9.59 Å². The number of benzene rings is 2. The van der Waals surface area contributed by atoms with Gasteiger partial charge in [0, 0.05) is 23.3 Å². The molecule has 2 aromatic carbocycles. The van der Waals surface area contributed by atoms with E-state index >= 15 is 0 Å². The minimum atomic E-state index is -0.274. The van der Waals surface area contributed by atoms with Gasteiger partial charge in [-0.2, -0.15) is 0 Å². The first-order valence-corrected chi connectivity index (χ1v) is 8.06. The summed E-state index contributed by atoms with van der Waals surface area (Å²) >= 11 is 6.07. The van der Waals surface area contributed by atoms with Crippen LogP contribution in [-0.4, -0.2) is 18.4 Å². The van der Waals surface area contributed by atoms with Crippen LogP contribution in [0.4, 0.5) is 11.4 Å². The molecule has 126 valence electrons. The minimum absolute atomic E-state index is 0.0519. The molecule has 5 heteroatoms. The van der Waals surface area contributed by atoms with Crippen LogP contribution < -0.4 is 10.2 Å². The van der Waals surface area contributed by atoms with Gasteiger partial charge in [-0.25, -0.2) is 0 Å². The predicted molar refractivity (Wildman–Crippen MR) is 98.8 cm³/mol. The first-order chi connectivity index (χ1) is 11.3. The fourth-order valence-electron chi connectivity index (χ4n) is 2.51. The molecular weight excluding hydrogens is 324 g/mol. The molecule has 1 N–H and O–H groups in total. The fraction of sp³-hybridized carbons (Fsp3) is 0.263. The minimum Gasteiger partial charge on any atom is -0.324 e. The van der Waals surface area contributed by atoms with Crippen LogP contribution in [0.25, 0.3) is 0 Å². The maximum atomic E-state index is 12.3. The highest BCUT2D eigenvalue weighted by molar-refractivity contribution is 6.31. The molecule has 0 aliphatic heterocycles. The van der Waals surface area contributed by atoms with Crippen molar-refractivity contribution in [2.75, 3.05) is 16.8 Å². The Labute approximate surface area is 147 Å². The van der Waals surface area contributed by atoms with Crippen LogP contribution in [0.1, 0.15) is 23.6 Å². The smallest absolute Gasteiger partial charge is 0.244 e. The third kappa shape index (κ3) is 4.59. The number of carbonyl (C=O) groups is 2. The number of rotatable bonds is 4. The molecule has 4 nitrogen and oxygen atoms in total. The molecule has 0 saturated heterocycles. The molecule has 0 bridgehead atoms. The number of aryl methyl sites for hydroxylation is 3. The van der Waals surface area contributed by atoms with Gasteiger partial charge in [0.25, 0.3) is 0 Å². The van der Waals surface area contributed by atoms with E-state index in [1.54, 1.807) is 12.1 Å². The molecule has 24 heavy (non-hydrogen) atoms. The zero-order valence-electron chi connectivity index (χ0n) is 14.3. The summed E-state index contributed by atoms with van der Waals surface area (Å²) in [6.45, 7) is 7.22. The summed E-state index contributed by atoms with van der Waals surface area (Å²) < 4.78 is 0. The highest BCUT2D eigenvalue weighted by atomic mass is 35.5. The number of hydrogen-bond donors (Lipinski definition) is 1. The molecule has 0 atom stereocenters. The lowest BCUT2D eigenvalue weighted by Crippen LogP contribution is -2.36. The average Bonchev–Trinajstić information content (AvgIpc) is 2.47. The van der Waals surface area contributed by atoms with Gasteiger partial charge >= 0.3 is 0 Å². The van der Waals surface area contributed by atoms with Crippen LogP contribution in [0.2, 0.25) is 5.02 Å². The van der Waals surface area contributed by atoms with Gasteiger partial charge in [0.1, 0.15) is 6.54 Å². The molecule has 0 spiro atoms. The number of amides is 2. The molecule has 2 rings (SSSR count). The lowest BCUT2D eigenvalue weighted by atomic mass is 10.1. The van der Waals surface area contributed by atoms with E-state index in [-0.39, 0.29) is 18.4 Å². The second-order valence-corrected chi connectivity index (χ2v) is 6.37. The quantitative estimate of drug-likeness (QED) is 0.901. The molecule has 0 heterocycles. The number of halogens is 1. The summed E-state index contributed by atoms with van der Waals surface area (Å²) in [5, 5.41) is 3.37. The largest absolute Gasteiger partial charge is 0.324 e. The Kier molecular flexibility index (Phi) is 5.62. The number of hydrogen-bond acceptors (Lipinski definition) is 2. The molecule has 0 unspecified atom stereocenters. The zero-order chi connectivity index (χ0) is 17.9. The van der Waals surface area contributed by atoms with Gasteiger partial charge in [0.2, 0.25) is 11.8 Å². The van der Waals surface area contributed by atoms with Crippen molar-refractivity contribution in [3.63, 3.8) is 0 Å². The molecule has 0 radical (unpaired) electrons. The summed E-state index contributed by atoms with van der Waals surface area (Å²) in [6, 6.07) is 11.1. The van der Waals surface area contributed by atoms with Crippen LogP contribution in [0.3, 0.4) is 0 Å². The number of nitrogens with one attached hydrogen (secondary N) is 1. The maximum Gasteiger partial charge on any atom is 0.244 e. The first kappa shape index (κ1) is 18.0. The van der Waals surface area contributed by atoms with Crippen LogP contribution in [-0.2, 0) is 9.59 Å². The number of nitrogens with zero attached hydrogens (tertiary/aromatic N) is 1. The molecule has 0 aliphatic rings. The van der Waals surface area contributed by atoms with Gasteiger partial charge in [0.05, 0.1) is 0 Å². The Morgan fingerprint density at radius 2 is 1.67 bits per heavy atom. The Hall–Kier alpha value is -2.33. The lowest BCUT2D eigenvalue weighted by molar-refractivity contribution is -0.120. The third-order valence-electron chi connectivity index (χ3n) is 3.66. The van der Waals surface area contributed by atoms with E-state index < -0.39 is 0 Å².